The van der Waals surface area contributed by atoms with E-state index in [1.54, 1.807) is 4.68 Å². The Morgan fingerprint density at radius 1 is 1.00 bits per heavy atom. The molecular weight excluding hydrogens is 446 g/mol. The van der Waals surface area contributed by atoms with Gasteiger partial charge in [0.05, 0.1) is 17.4 Å². The summed E-state index contributed by atoms with van der Waals surface area (Å²) in [5.41, 5.74) is 19.1. The first-order chi connectivity index (χ1) is 17.5. The number of Topliss-reactive ketones (excluding diaryl/α,β-unsaturated/α-hetero) is 1. The number of carbonyl (C=O) groups is 1. The molecule has 0 spiro atoms. The minimum Gasteiger partial charge on any atom is -0.399 e. The molecule has 0 bridgehead atoms. The standard InChI is InChI=1S/C30H33N5O/c1-20-13-28(35(34-20)27-10-3-6-23(15-27)18-31)29(36)16-22-5-2-7-24(14-22)30(33-19-21-11-12-21)25-8-4-9-26(32)17-25/h2-10,13-15,17,21,30,33H,11-12,16,18-19,31-32H2,1H3. The van der Waals surface area contributed by atoms with Gasteiger partial charge in [0.15, 0.2) is 5.78 Å². The molecule has 1 saturated carbocycles. The van der Waals surface area contributed by atoms with Crippen LogP contribution in [0.15, 0.2) is 78.9 Å². The summed E-state index contributed by atoms with van der Waals surface area (Å²) in [5, 5.41) is 8.33. The molecule has 4 aromatic rings. The number of nitrogen functional groups attached to an aromatic ring is 1. The fourth-order valence-corrected chi connectivity index (χ4v) is 4.64. The molecule has 1 unspecified atom stereocenters. The van der Waals surface area contributed by atoms with E-state index >= 15 is 0 Å². The first-order valence-corrected chi connectivity index (χ1v) is 12.6. The number of nitrogens with one attached hydrogen (secondary N) is 1. The second kappa shape index (κ2) is 10.5. The van der Waals surface area contributed by atoms with Gasteiger partial charge in [-0.15, -0.1) is 0 Å². The van der Waals surface area contributed by atoms with Crippen LogP contribution in [0.3, 0.4) is 0 Å². The van der Waals surface area contributed by atoms with Gasteiger partial charge in [-0.2, -0.15) is 5.10 Å². The Balaban J connectivity index is 1.41. The third kappa shape index (κ3) is 5.56. The number of ketones is 1. The highest BCUT2D eigenvalue weighted by molar-refractivity contribution is 5.96. The number of aromatic nitrogens is 2. The monoisotopic (exact) mass is 479 g/mol. The van der Waals surface area contributed by atoms with E-state index in [2.05, 4.69) is 28.6 Å². The summed E-state index contributed by atoms with van der Waals surface area (Å²) in [6.45, 7) is 3.32. The number of carbonyl (C=O) groups excluding carboxylic acids is 1. The van der Waals surface area contributed by atoms with Crippen molar-refractivity contribution < 1.29 is 4.79 Å². The lowest BCUT2D eigenvalue weighted by Crippen LogP contribution is -2.25. The summed E-state index contributed by atoms with van der Waals surface area (Å²) in [7, 11) is 0. The maximum Gasteiger partial charge on any atom is 0.185 e. The van der Waals surface area contributed by atoms with E-state index in [0.29, 0.717) is 18.7 Å². The number of nitrogens with zero attached hydrogens (tertiary/aromatic N) is 2. The van der Waals surface area contributed by atoms with E-state index in [1.807, 2.05) is 67.6 Å². The van der Waals surface area contributed by atoms with Gasteiger partial charge in [0, 0.05) is 18.7 Å². The largest absolute Gasteiger partial charge is 0.399 e. The van der Waals surface area contributed by atoms with Gasteiger partial charge in [-0.05, 0) is 84.8 Å². The van der Waals surface area contributed by atoms with Gasteiger partial charge in [0.2, 0.25) is 0 Å². The minimum atomic E-state index is 0.0240. The molecule has 1 fully saturated rings. The second-order valence-electron chi connectivity index (χ2n) is 9.76. The van der Waals surface area contributed by atoms with Crippen LogP contribution in [-0.2, 0) is 13.0 Å². The molecule has 0 saturated heterocycles. The summed E-state index contributed by atoms with van der Waals surface area (Å²) >= 11 is 0. The summed E-state index contributed by atoms with van der Waals surface area (Å²) < 4.78 is 1.73. The smallest absolute Gasteiger partial charge is 0.185 e. The van der Waals surface area contributed by atoms with E-state index in [4.69, 9.17) is 11.5 Å². The zero-order valence-corrected chi connectivity index (χ0v) is 20.7. The van der Waals surface area contributed by atoms with Crippen LogP contribution in [0.25, 0.3) is 5.69 Å². The molecule has 5 N–H and O–H groups in total. The lowest BCUT2D eigenvalue weighted by molar-refractivity contribution is 0.0985. The van der Waals surface area contributed by atoms with Gasteiger partial charge in [0.25, 0.3) is 0 Å². The molecule has 5 rings (SSSR count). The van der Waals surface area contributed by atoms with Crippen LogP contribution in [0.5, 0.6) is 0 Å². The fraction of sp³-hybridized carbons (Fsp3) is 0.267. The van der Waals surface area contributed by atoms with Crippen LogP contribution in [-0.4, -0.2) is 22.1 Å². The van der Waals surface area contributed by atoms with E-state index in [9.17, 15) is 4.79 Å². The SMILES string of the molecule is Cc1cc(C(=O)Cc2cccc(C(NCC3CC3)c3cccc(N)c3)c2)n(-c2cccc(CN)c2)n1. The highest BCUT2D eigenvalue weighted by atomic mass is 16.1. The maximum atomic E-state index is 13.5. The molecule has 0 aliphatic heterocycles. The maximum absolute atomic E-state index is 13.5. The number of rotatable bonds is 10. The Morgan fingerprint density at radius 3 is 2.47 bits per heavy atom. The average molecular weight is 480 g/mol. The Kier molecular flexibility index (Phi) is 6.98. The molecule has 1 aliphatic carbocycles. The quantitative estimate of drug-likeness (QED) is 0.225. The molecule has 1 aromatic heterocycles. The molecule has 1 heterocycles. The molecule has 1 atom stereocenters. The number of hydrogen-bond donors (Lipinski definition) is 3. The number of aryl methyl sites for hydroxylation is 1. The minimum absolute atomic E-state index is 0.0240. The van der Waals surface area contributed by atoms with Crippen molar-refractivity contribution in [1.29, 1.82) is 0 Å². The molecule has 184 valence electrons. The molecule has 3 aromatic carbocycles. The molecule has 0 radical (unpaired) electrons. The van der Waals surface area contributed by atoms with Crippen LogP contribution in [0.4, 0.5) is 5.69 Å². The van der Waals surface area contributed by atoms with Gasteiger partial charge in [0.1, 0.15) is 5.69 Å². The van der Waals surface area contributed by atoms with Crippen molar-refractivity contribution in [2.45, 2.75) is 38.8 Å². The molecule has 36 heavy (non-hydrogen) atoms. The van der Waals surface area contributed by atoms with E-state index in [-0.39, 0.29) is 11.8 Å². The van der Waals surface area contributed by atoms with Gasteiger partial charge in [-0.25, -0.2) is 4.68 Å². The third-order valence-corrected chi connectivity index (χ3v) is 6.71. The Bertz CT molecular complexity index is 1370. The summed E-state index contributed by atoms with van der Waals surface area (Å²) in [6.07, 6.45) is 2.86. The normalized spacial score (nSPS) is 14.1. The van der Waals surface area contributed by atoms with Gasteiger partial charge in [-0.3, -0.25) is 4.79 Å². The lowest BCUT2D eigenvalue weighted by Gasteiger charge is -2.21. The molecular formula is C30H33N5O. The molecule has 0 amide bonds. The number of anilines is 1. The Labute approximate surface area is 212 Å². The van der Waals surface area contributed by atoms with E-state index in [0.717, 1.165) is 51.8 Å². The average Bonchev–Trinajstić information content (AvgIpc) is 3.63. The first-order valence-electron chi connectivity index (χ1n) is 12.6. The van der Waals surface area contributed by atoms with Crippen molar-refractivity contribution in [1.82, 2.24) is 15.1 Å². The van der Waals surface area contributed by atoms with Crippen molar-refractivity contribution in [3.8, 4) is 5.69 Å². The van der Waals surface area contributed by atoms with Crippen molar-refractivity contribution in [2.75, 3.05) is 12.3 Å². The van der Waals surface area contributed by atoms with Crippen LogP contribution in [0.2, 0.25) is 0 Å². The van der Waals surface area contributed by atoms with Crippen molar-refractivity contribution >= 4 is 11.5 Å². The lowest BCUT2D eigenvalue weighted by atomic mass is 9.95. The second-order valence-corrected chi connectivity index (χ2v) is 9.76. The molecule has 6 nitrogen and oxygen atoms in total. The summed E-state index contributed by atoms with van der Waals surface area (Å²) in [5.74, 6) is 0.775. The van der Waals surface area contributed by atoms with Crippen molar-refractivity contribution in [2.24, 2.45) is 11.7 Å². The van der Waals surface area contributed by atoms with Crippen LogP contribution in [0.1, 0.15) is 57.3 Å². The van der Waals surface area contributed by atoms with Gasteiger partial charge in [-0.1, -0.05) is 48.5 Å². The van der Waals surface area contributed by atoms with Crippen molar-refractivity contribution in [3.63, 3.8) is 0 Å². The van der Waals surface area contributed by atoms with Crippen LogP contribution in [0, 0.1) is 12.8 Å². The summed E-state index contributed by atoms with van der Waals surface area (Å²) in [4.78, 5) is 13.5. The van der Waals surface area contributed by atoms with Gasteiger partial charge < -0.3 is 16.8 Å². The number of nitrogens with two attached hydrogens (primary N) is 2. The molecule has 1 aliphatic rings. The van der Waals surface area contributed by atoms with E-state index < -0.39 is 0 Å². The molecule has 6 heteroatoms. The van der Waals surface area contributed by atoms with Crippen LogP contribution < -0.4 is 16.8 Å². The Hall–Kier alpha value is -3.74. The zero-order chi connectivity index (χ0) is 25.1. The number of hydrogen-bond acceptors (Lipinski definition) is 5. The third-order valence-electron chi connectivity index (χ3n) is 6.71. The Morgan fingerprint density at radius 2 is 1.72 bits per heavy atom. The zero-order valence-electron chi connectivity index (χ0n) is 20.7. The fourth-order valence-electron chi connectivity index (χ4n) is 4.64. The van der Waals surface area contributed by atoms with Crippen molar-refractivity contribution in [3.05, 3.63) is 113 Å². The highest BCUT2D eigenvalue weighted by Crippen LogP contribution is 2.31. The van der Waals surface area contributed by atoms with Crippen LogP contribution >= 0.6 is 0 Å². The van der Waals surface area contributed by atoms with E-state index in [1.165, 1.54) is 12.8 Å². The topological polar surface area (TPSA) is 99.0 Å². The first kappa shape index (κ1) is 24.0. The van der Waals surface area contributed by atoms with Gasteiger partial charge >= 0.3 is 0 Å². The highest BCUT2D eigenvalue weighted by Gasteiger charge is 2.24. The predicted molar refractivity (Wildman–Crippen MR) is 144 cm³/mol. The predicted octanol–water partition coefficient (Wildman–Crippen LogP) is 4.74. The summed E-state index contributed by atoms with van der Waals surface area (Å²) in [6, 6.07) is 26.1. The number of benzene rings is 3.